The van der Waals surface area contributed by atoms with Gasteiger partial charge in [-0.1, -0.05) is 23.7 Å². The van der Waals surface area contributed by atoms with Crippen molar-refractivity contribution >= 4 is 17.4 Å². The van der Waals surface area contributed by atoms with Crippen LogP contribution in [0, 0.1) is 12.7 Å². The predicted molar refractivity (Wildman–Crippen MR) is 77.2 cm³/mol. The standard InChI is InChI=1S/C16H14ClFO2/c1-10-3-4-11(9-16(10)20-2)15(19)8-12-7-13(17)5-6-14(12)18/h3-7,9H,8H2,1-2H3. The van der Waals surface area contributed by atoms with Crippen LogP contribution in [0.5, 0.6) is 5.75 Å². The maximum Gasteiger partial charge on any atom is 0.167 e. The molecule has 0 aliphatic rings. The minimum Gasteiger partial charge on any atom is -0.496 e. The van der Waals surface area contributed by atoms with Crippen LogP contribution in [0.3, 0.4) is 0 Å². The Kier molecular flexibility index (Phi) is 4.40. The Morgan fingerprint density at radius 2 is 2.00 bits per heavy atom. The number of Topliss-reactive ketones (excluding diaryl/α,β-unsaturated/α-hetero) is 1. The first-order valence-corrected chi connectivity index (χ1v) is 6.51. The summed E-state index contributed by atoms with van der Waals surface area (Å²) < 4.78 is 18.8. The van der Waals surface area contributed by atoms with Crippen molar-refractivity contribution in [3.63, 3.8) is 0 Å². The minimum absolute atomic E-state index is 0.0292. The second kappa shape index (κ2) is 6.06. The van der Waals surface area contributed by atoms with Crippen molar-refractivity contribution in [1.82, 2.24) is 0 Å². The van der Waals surface area contributed by atoms with Gasteiger partial charge in [0.25, 0.3) is 0 Å². The van der Waals surface area contributed by atoms with Crippen molar-refractivity contribution in [3.05, 3.63) is 63.9 Å². The summed E-state index contributed by atoms with van der Waals surface area (Å²) in [6, 6.07) is 9.38. The molecule has 0 heterocycles. The average Bonchev–Trinajstić information content (AvgIpc) is 2.43. The molecule has 2 rings (SSSR count). The molecule has 0 bridgehead atoms. The molecular formula is C16H14ClFO2. The fraction of sp³-hybridized carbons (Fsp3) is 0.188. The molecule has 2 aromatic rings. The highest BCUT2D eigenvalue weighted by molar-refractivity contribution is 6.30. The average molecular weight is 293 g/mol. The van der Waals surface area contributed by atoms with Crippen molar-refractivity contribution in [3.8, 4) is 5.75 Å². The Labute approximate surface area is 122 Å². The molecule has 104 valence electrons. The van der Waals surface area contributed by atoms with Crippen molar-refractivity contribution in [1.29, 1.82) is 0 Å². The summed E-state index contributed by atoms with van der Waals surface area (Å²) in [4.78, 5) is 12.2. The highest BCUT2D eigenvalue weighted by atomic mass is 35.5. The van der Waals surface area contributed by atoms with Gasteiger partial charge < -0.3 is 4.74 Å². The van der Waals surface area contributed by atoms with Crippen LogP contribution in [-0.4, -0.2) is 12.9 Å². The molecule has 2 nitrogen and oxygen atoms in total. The fourth-order valence-corrected chi connectivity index (χ4v) is 2.14. The van der Waals surface area contributed by atoms with Crippen LogP contribution in [0.25, 0.3) is 0 Å². The lowest BCUT2D eigenvalue weighted by Crippen LogP contribution is -2.06. The summed E-state index contributed by atoms with van der Waals surface area (Å²) >= 11 is 5.82. The first kappa shape index (κ1) is 14.5. The molecule has 4 heteroatoms. The quantitative estimate of drug-likeness (QED) is 0.789. The Balaban J connectivity index is 2.26. The van der Waals surface area contributed by atoms with Crippen LogP contribution in [0.2, 0.25) is 5.02 Å². The topological polar surface area (TPSA) is 26.3 Å². The maximum absolute atomic E-state index is 13.6. The van der Waals surface area contributed by atoms with Gasteiger partial charge in [0, 0.05) is 17.0 Å². The summed E-state index contributed by atoms with van der Waals surface area (Å²) in [5, 5.41) is 0.413. The number of hydrogen-bond acceptors (Lipinski definition) is 2. The molecule has 0 N–H and O–H groups in total. The van der Waals surface area contributed by atoms with E-state index in [1.54, 1.807) is 25.3 Å². The summed E-state index contributed by atoms with van der Waals surface area (Å²) in [5.74, 6) is 0.0358. The van der Waals surface area contributed by atoms with Gasteiger partial charge in [0.05, 0.1) is 7.11 Å². The highest BCUT2D eigenvalue weighted by Crippen LogP contribution is 2.21. The van der Waals surface area contributed by atoms with Gasteiger partial charge in [-0.05, 0) is 42.3 Å². The Morgan fingerprint density at radius 3 is 2.70 bits per heavy atom. The second-order valence-electron chi connectivity index (χ2n) is 4.52. The van der Waals surface area contributed by atoms with E-state index in [1.807, 2.05) is 6.92 Å². The molecule has 0 fully saturated rings. The molecule has 0 unspecified atom stereocenters. The van der Waals surface area contributed by atoms with E-state index in [2.05, 4.69) is 0 Å². The third-order valence-electron chi connectivity index (χ3n) is 3.09. The Morgan fingerprint density at radius 1 is 1.25 bits per heavy atom. The van der Waals surface area contributed by atoms with E-state index in [4.69, 9.17) is 16.3 Å². The van der Waals surface area contributed by atoms with Gasteiger partial charge in [0.15, 0.2) is 5.78 Å². The molecular weight excluding hydrogens is 279 g/mol. The number of aryl methyl sites for hydroxylation is 1. The molecule has 2 aromatic carbocycles. The zero-order valence-electron chi connectivity index (χ0n) is 11.2. The summed E-state index contributed by atoms with van der Waals surface area (Å²) in [6.45, 7) is 1.89. The number of benzene rings is 2. The molecule has 0 aromatic heterocycles. The lowest BCUT2D eigenvalue weighted by Gasteiger charge is -2.08. The van der Waals surface area contributed by atoms with E-state index in [-0.39, 0.29) is 12.2 Å². The van der Waals surface area contributed by atoms with Crippen LogP contribution in [0.4, 0.5) is 4.39 Å². The van der Waals surface area contributed by atoms with Gasteiger partial charge in [-0.15, -0.1) is 0 Å². The molecule has 0 atom stereocenters. The normalized spacial score (nSPS) is 10.4. The Bertz CT molecular complexity index is 653. The largest absolute Gasteiger partial charge is 0.496 e. The molecule has 20 heavy (non-hydrogen) atoms. The predicted octanol–water partition coefficient (Wildman–Crippen LogP) is 4.22. The molecule has 0 saturated heterocycles. The second-order valence-corrected chi connectivity index (χ2v) is 4.96. The molecule has 0 saturated carbocycles. The van der Waals surface area contributed by atoms with E-state index in [0.717, 1.165) is 5.56 Å². The van der Waals surface area contributed by atoms with Gasteiger partial charge in [0.1, 0.15) is 11.6 Å². The summed E-state index contributed by atoms with van der Waals surface area (Å²) in [7, 11) is 1.55. The van der Waals surface area contributed by atoms with Crippen LogP contribution in [0.1, 0.15) is 21.5 Å². The van der Waals surface area contributed by atoms with Gasteiger partial charge in [-0.3, -0.25) is 4.79 Å². The molecule has 0 radical (unpaired) electrons. The van der Waals surface area contributed by atoms with Crippen molar-refractivity contribution in [2.24, 2.45) is 0 Å². The summed E-state index contributed by atoms with van der Waals surface area (Å²) in [6.07, 6.45) is -0.0292. The number of hydrogen-bond donors (Lipinski definition) is 0. The third kappa shape index (κ3) is 3.17. The van der Waals surface area contributed by atoms with Gasteiger partial charge in [0.2, 0.25) is 0 Å². The lowest BCUT2D eigenvalue weighted by molar-refractivity contribution is 0.0991. The van der Waals surface area contributed by atoms with Crippen LogP contribution in [-0.2, 0) is 6.42 Å². The zero-order valence-corrected chi connectivity index (χ0v) is 12.0. The minimum atomic E-state index is -0.429. The number of halogens is 2. The number of carbonyl (C=O) groups is 1. The van der Waals surface area contributed by atoms with Crippen LogP contribution < -0.4 is 4.74 Å². The van der Waals surface area contributed by atoms with Crippen molar-refractivity contribution < 1.29 is 13.9 Å². The van der Waals surface area contributed by atoms with Gasteiger partial charge in [-0.2, -0.15) is 0 Å². The van der Waals surface area contributed by atoms with E-state index < -0.39 is 5.82 Å². The zero-order chi connectivity index (χ0) is 14.7. The fourth-order valence-electron chi connectivity index (χ4n) is 1.95. The number of ether oxygens (including phenoxy) is 1. The molecule has 0 amide bonds. The number of carbonyl (C=O) groups excluding carboxylic acids is 1. The lowest BCUT2D eigenvalue weighted by atomic mass is 10.0. The molecule has 0 aliphatic heterocycles. The third-order valence-corrected chi connectivity index (χ3v) is 3.32. The van der Waals surface area contributed by atoms with Gasteiger partial charge >= 0.3 is 0 Å². The number of ketones is 1. The SMILES string of the molecule is COc1cc(C(=O)Cc2cc(Cl)ccc2F)ccc1C. The first-order chi connectivity index (χ1) is 9.51. The molecule has 0 spiro atoms. The van der Waals surface area contributed by atoms with Crippen LogP contribution in [0.15, 0.2) is 36.4 Å². The van der Waals surface area contributed by atoms with E-state index >= 15 is 0 Å². The number of rotatable bonds is 4. The molecule has 0 aliphatic carbocycles. The van der Waals surface area contributed by atoms with Crippen LogP contribution >= 0.6 is 11.6 Å². The van der Waals surface area contributed by atoms with E-state index in [1.165, 1.54) is 18.2 Å². The van der Waals surface area contributed by atoms with Gasteiger partial charge in [-0.25, -0.2) is 4.39 Å². The Hall–Kier alpha value is -1.87. The van der Waals surface area contributed by atoms with Crippen molar-refractivity contribution in [2.45, 2.75) is 13.3 Å². The first-order valence-electron chi connectivity index (χ1n) is 6.13. The highest BCUT2D eigenvalue weighted by Gasteiger charge is 2.12. The van der Waals surface area contributed by atoms with E-state index in [0.29, 0.717) is 21.9 Å². The monoisotopic (exact) mass is 292 g/mol. The smallest absolute Gasteiger partial charge is 0.167 e. The van der Waals surface area contributed by atoms with E-state index in [9.17, 15) is 9.18 Å². The maximum atomic E-state index is 13.6. The summed E-state index contributed by atoms with van der Waals surface area (Å²) in [5.41, 5.74) is 1.73. The van der Waals surface area contributed by atoms with Crippen molar-refractivity contribution in [2.75, 3.05) is 7.11 Å². The number of methoxy groups -OCH3 is 1.